The van der Waals surface area contributed by atoms with Crippen molar-refractivity contribution in [1.29, 1.82) is 0 Å². The minimum absolute atomic E-state index is 0.0000307. The number of nitrogens with one attached hydrogen (secondary N) is 2. The molecule has 3 heterocycles. The lowest BCUT2D eigenvalue weighted by Gasteiger charge is -2.35. The summed E-state index contributed by atoms with van der Waals surface area (Å²) in [4.78, 5) is 35.7. The van der Waals surface area contributed by atoms with Crippen molar-refractivity contribution in [3.05, 3.63) is 12.5 Å². The summed E-state index contributed by atoms with van der Waals surface area (Å²) in [6.07, 6.45) is 3.29. The van der Waals surface area contributed by atoms with Crippen molar-refractivity contribution in [3.8, 4) is 0 Å². The molecule has 3 rings (SSSR count). The predicted octanol–water partition coefficient (Wildman–Crippen LogP) is -1.06. The Kier molecular flexibility index (Phi) is 4.45. The fourth-order valence-electron chi connectivity index (χ4n) is 2.73. The molecular weight excluding hydrogens is 312 g/mol. The Balaban J connectivity index is 1.62. The molecular formula is C14H20N8O2. The van der Waals surface area contributed by atoms with Gasteiger partial charge < -0.3 is 20.4 Å². The first-order chi connectivity index (χ1) is 11.6. The molecule has 0 bridgehead atoms. The van der Waals surface area contributed by atoms with Gasteiger partial charge in [-0.1, -0.05) is 0 Å². The van der Waals surface area contributed by atoms with Gasteiger partial charge in [-0.2, -0.15) is 5.10 Å². The number of anilines is 1. The highest BCUT2D eigenvalue weighted by molar-refractivity contribution is 5.87. The number of urea groups is 1. The van der Waals surface area contributed by atoms with E-state index in [-0.39, 0.29) is 18.5 Å². The second-order valence-electron chi connectivity index (χ2n) is 5.50. The van der Waals surface area contributed by atoms with E-state index < -0.39 is 0 Å². The lowest BCUT2D eigenvalue weighted by Crippen LogP contribution is -2.52. The van der Waals surface area contributed by atoms with E-state index in [4.69, 9.17) is 0 Å². The van der Waals surface area contributed by atoms with Gasteiger partial charge in [-0.25, -0.2) is 14.8 Å². The molecule has 0 spiro atoms. The van der Waals surface area contributed by atoms with Gasteiger partial charge in [-0.05, 0) is 0 Å². The Morgan fingerprint density at radius 3 is 2.67 bits per heavy atom. The van der Waals surface area contributed by atoms with Gasteiger partial charge in [-0.3, -0.25) is 9.48 Å². The predicted molar refractivity (Wildman–Crippen MR) is 87.6 cm³/mol. The van der Waals surface area contributed by atoms with Gasteiger partial charge in [-0.15, -0.1) is 0 Å². The maximum atomic E-state index is 12.1. The molecule has 0 radical (unpaired) electrons. The van der Waals surface area contributed by atoms with Crippen LogP contribution in [0.15, 0.2) is 12.5 Å². The number of carbonyl (C=O) groups is 2. The summed E-state index contributed by atoms with van der Waals surface area (Å²) in [5.41, 5.74) is 0.785. The molecule has 1 aliphatic heterocycles. The second kappa shape index (κ2) is 6.69. The van der Waals surface area contributed by atoms with Crippen molar-refractivity contribution >= 4 is 28.8 Å². The number of aromatic nitrogens is 4. The van der Waals surface area contributed by atoms with Crippen molar-refractivity contribution in [2.24, 2.45) is 7.05 Å². The van der Waals surface area contributed by atoms with Crippen LogP contribution in [-0.4, -0.2) is 76.4 Å². The summed E-state index contributed by atoms with van der Waals surface area (Å²) in [6.45, 7) is 2.51. The Morgan fingerprint density at radius 2 is 1.96 bits per heavy atom. The number of amides is 3. The minimum atomic E-state index is -0.359. The maximum absolute atomic E-state index is 12.1. The summed E-state index contributed by atoms with van der Waals surface area (Å²) >= 11 is 0. The van der Waals surface area contributed by atoms with Crippen molar-refractivity contribution in [3.63, 3.8) is 0 Å². The van der Waals surface area contributed by atoms with Crippen LogP contribution in [0.5, 0.6) is 0 Å². The molecule has 2 aromatic heterocycles. The first-order valence-electron chi connectivity index (χ1n) is 7.71. The van der Waals surface area contributed by atoms with Gasteiger partial charge in [0.2, 0.25) is 5.91 Å². The number of fused-ring (bicyclic) bond motifs is 1. The Labute approximate surface area is 138 Å². The van der Waals surface area contributed by atoms with Crippen LogP contribution >= 0.6 is 0 Å². The zero-order valence-corrected chi connectivity index (χ0v) is 13.7. The highest BCUT2D eigenvalue weighted by Crippen LogP contribution is 2.23. The molecule has 0 aromatic carbocycles. The lowest BCUT2D eigenvalue weighted by molar-refractivity contribution is -0.130. The van der Waals surface area contributed by atoms with E-state index >= 15 is 0 Å². The van der Waals surface area contributed by atoms with Crippen molar-refractivity contribution < 1.29 is 9.59 Å². The van der Waals surface area contributed by atoms with Crippen LogP contribution in [0.4, 0.5) is 10.6 Å². The highest BCUT2D eigenvalue weighted by Gasteiger charge is 2.23. The molecule has 3 amide bonds. The van der Waals surface area contributed by atoms with Gasteiger partial charge in [0.15, 0.2) is 5.65 Å². The summed E-state index contributed by atoms with van der Waals surface area (Å²) in [5, 5.41) is 10.1. The number of nitrogens with zero attached hydrogens (tertiary/aromatic N) is 6. The van der Waals surface area contributed by atoms with Crippen molar-refractivity contribution in [1.82, 2.24) is 35.3 Å². The summed E-state index contributed by atoms with van der Waals surface area (Å²) < 4.78 is 1.71. The summed E-state index contributed by atoms with van der Waals surface area (Å²) in [6, 6.07) is -0.359. The number of piperazine rings is 1. The van der Waals surface area contributed by atoms with Crippen LogP contribution in [-0.2, 0) is 11.8 Å². The first-order valence-corrected chi connectivity index (χ1v) is 7.71. The molecule has 0 saturated carbocycles. The van der Waals surface area contributed by atoms with Crippen molar-refractivity contribution in [2.45, 2.75) is 0 Å². The zero-order valence-electron chi connectivity index (χ0n) is 13.7. The molecule has 10 nitrogen and oxygen atoms in total. The molecule has 10 heteroatoms. The molecule has 2 aromatic rings. The highest BCUT2D eigenvalue weighted by atomic mass is 16.2. The van der Waals surface area contributed by atoms with Crippen LogP contribution in [0.1, 0.15) is 0 Å². The van der Waals surface area contributed by atoms with E-state index in [1.54, 1.807) is 15.8 Å². The second-order valence-corrected chi connectivity index (χ2v) is 5.50. The Bertz CT molecular complexity index is 750. The topological polar surface area (TPSA) is 108 Å². The van der Waals surface area contributed by atoms with Gasteiger partial charge in [0, 0.05) is 40.3 Å². The third-order valence-corrected chi connectivity index (χ3v) is 4.07. The van der Waals surface area contributed by atoms with Crippen LogP contribution in [0.3, 0.4) is 0 Å². The van der Waals surface area contributed by atoms with E-state index in [0.29, 0.717) is 26.2 Å². The van der Waals surface area contributed by atoms with Crippen LogP contribution in [0.25, 0.3) is 11.0 Å². The molecule has 0 unspecified atom stereocenters. The number of rotatable bonds is 3. The third-order valence-electron chi connectivity index (χ3n) is 4.07. The lowest BCUT2D eigenvalue weighted by atomic mass is 10.2. The van der Waals surface area contributed by atoms with Crippen LogP contribution in [0, 0.1) is 0 Å². The largest absolute Gasteiger partial charge is 0.352 e. The molecule has 0 atom stereocenters. The molecule has 24 heavy (non-hydrogen) atoms. The summed E-state index contributed by atoms with van der Waals surface area (Å²) in [7, 11) is 3.36. The molecule has 2 N–H and O–H groups in total. The van der Waals surface area contributed by atoms with E-state index in [1.165, 1.54) is 13.4 Å². The number of carbonyl (C=O) groups excluding carboxylic acids is 2. The standard InChI is InChI=1S/C14H20N8O2/c1-15-14(24)16-8-11(23)21-3-5-22(6-4-21)13-10-7-19-20(2)12(10)17-9-18-13/h7,9H,3-6,8H2,1-2H3,(H2,15,16,24). The van der Waals surface area contributed by atoms with Gasteiger partial charge in [0.05, 0.1) is 18.1 Å². The fourth-order valence-corrected chi connectivity index (χ4v) is 2.73. The van der Waals surface area contributed by atoms with Crippen LogP contribution in [0.2, 0.25) is 0 Å². The van der Waals surface area contributed by atoms with E-state index in [0.717, 1.165) is 16.9 Å². The molecule has 1 saturated heterocycles. The zero-order chi connectivity index (χ0) is 17.1. The van der Waals surface area contributed by atoms with Gasteiger partial charge in [0.25, 0.3) is 0 Å². The molecule has 128 valence electrons. The number of hydrogen-bond donors (Lipinski definition) is 2. The summed E-state index contributed by atoms with van der Waals surface area (Å²) in [5.74, 6) is 0.746. The van der Waals surface area contributed by atoms with E-state index in [1.807, 2.05) is 7.05 Å². The quantitative estimate of drug-likeness (QED) is 0.742. The SMILES string of the molecule is CNC(=O)NCC(=O)N1CCN(c2ncnc3c2cnn3C)CC1. The molecule has 1 aliphatic rings. The van der Waals surface area contributed by atoms with E-state index in [2.05, 4.69) is 30.6 Å². The monoisotopic (exact) mass is 332 g/mol. The Morgan fingerprint density at radius 1 is 1.21 bits per heavy atom. The van der Waals surface area contributed by atoms with Gasteiger partial charge >= 0.3 is 6.03 Å². The maximum Gasteiger partial charge on any atom is 0.314 e. The van der Waals surface area contributed by atoms with Crippen LogP contribution < -0.4 is 15.5 Å². The fraction of sp³-hybridized carbons (Fsp3) is 0.500. The minimum Gasteiger partial charge on any atom is -0.352 e. The smallest absolute Gasteiger partial charge is 0.314 e. The average molecular weight is 332 g/mol. The third kappa shape index (κ3) is 3.07. The average Bonchev–Trinajstić information content (AvgIpc) is 3.01. The first kappa shape index (κ1) is 16.0. The van der Waals surface area contributed by atoms with Gasteiger partial charge in [0.1, 0.15) is 12.1 Å². The normalized spacial score (nSPS) is 14.8. The Hall–Kier alpha value is -2.91. The number of hydrogen-bond acceptors (Lipinski definition) is 6. The molecule has 1 fully saturated rings. The van der Waals surface area contributed by atoms with Crippen molar-refractivity contribution in [2.75, 3.05) is 44.7 Å². The number of aryl methyl sites for hydroxylation is 1. The van der Waals surface area contributed by atoms with E-state index in [9.17, 15) is 9.59 Å². The molecule has 0 aliphatic carbocycles.